The molecule has 0 amide bonds. The molecule has 2 rings (SSSR count). The Labute approximate surface area is 126 Å². The average molecular weight is 308 g/mol. The van der Waals surface area contributed by atoms with Crippen LogP contribution in [0.25, 0.3) is 0 Å². The lowest BCUT2D eigenvalue weighted by molar-refractivity contribution is 0.304. The van der Waals surface area contributed by atoms with Crippen molar-refractivity contribution < 1.29 is 13.5 Å². The third kappa shape index (κ3) is 4.45. The molecule has 21 heavy (non-hydrogen) atoms. The van der Waals surface area contributed by atoms with Gasteiger partial charge in [-0.3, -0.25) is 0 Å². The maximum absolute atomic E-state index is 13.4. The summed E-state index contributed by atoms with van der Waals surface area (Å²) in [5, 5.41) is 0.0184. The Hall–Kier alpha value is -2.09. The van der Waals surface area contributed by atoms with Crippen LogP contribution in [0.5, 0.6) is 5.75 Å². The highest BCUT2D eigenvalue weighted by molar-refractivity contribution is 6.30. The van der Waals surface area contributed by atoms with Crippen LogP contribution in [-0.4, -0.2) is 6.54 Å². The third-order valence-corrected chi connectivity index (χ3v) is 2.89. The van der Waals surface area contributed by atoms with Crippen LogP contribution in [0.15, 0.2) is 36.4 Å². The molecular weight excluding hydrogens is 296 g/mol. The van der Waals surface area contributed by atoms with E-state index in [1.54, 1.807) is 12.1 Å². The summed E-state index contributed by atoms with van der Waals surface area (Å²) >= 11 is 5.68. The molecule has 2 N–H and O–H groups in total. The summed E-state index contributed by atoms with van der Waals surface area (Å²) in [5.41, 5.74) is 6.43. The van der Waals surface area contributed by atoms with Crippen LogP contribution < -0.4 is 10.5 Å². The van der Waals surface area contributed by atoms with Crippen molar-refractivity contribution in [1.29, 1.82) is 0 Å². The van der Waals surface area contributed by atoms with Gasteiger partial charge in [0.2, 0.25) is 0 Å². The second-order valence-electron chi connectivity index (χ2n) is 4.22. The van der Waals surface area contributed by atoms with Gasteiger partial charge in [-0.25, -0.2) is 8.78 Å². The van der Waals surface area contributed by atoms with E-state index in [9.17, 15) is 8.78 Å². The highest BCUT2D eigenvalue weighted by Crippen LogP contribution is 2.20. The molecule has 0 saturated carbocycles. The van der Waals surface area contributed by atoms with Crippen LogP contribution in [0.2, 0.25) is 5.02 Å². The molecule has 0 aliphatic rings. The second kappa shape index (κ2) is 7.07. The van der Waals surface area contributed by atoms with E-state index in [1.807, 2.05) is 0 Å². The van der Waals surface area contributed by atoms with E-state index in [-0.39, 0.29) is 18.2 Å². The Kier molecular flexibility index (Phi) is 5.15. The highest BCUT2D eigenvalue weighted by atomic mass is 35.5. The van der Waals surface area contributed by atoms with Crippen molar-refractivity contribution in [3.63, 3.8) is 0 Å². The molecule has 0 heterocycles. The van der Waals surface area contributed by atoms with Crippen molar-refractivity contribution in [2.45, 2.75) is 6.61 Å². The Balaban J connectivity index is 2.12. The minimum Gasteiger partial charge on any atom is -0.489 e. The summed E-state index contributed by atoms with van der Waals surface area (Å²) in [7, 11) is 0. The standard InChI is InChI=1S/C16H12ClF2NO/c17-15-8-12(3-4-16(15)19)10-21-14-7-11(2-1-5-20)6-13(18)9-14/h3-4,6-9H,5,10,20H2. The summed E-state index contributed by atoms with van der Waals surface area (Å²) in [5.74, 6) is 4.76. The normalized spacial score (nSPS) is 9.90. The van der Waals surface area contributed by atoms with E-state index in [0.717, 1.165) is 0 Å². The first-order valence-electron chi connectivity index (χ1n) is 6.15. The topological polar surface area (TPSA) is 35.2 Å². The largest absolute Gasteiger partial charge is 0.489 e. The van der Waals surface area contributed by atoms with E-state index in [2.05, 4.69) is 11.8 Å². The zero-order valence-electron chi connectivity index (χ0n) is 11.0. The van der Waals surface area contributed by atoms with Crippen molar-refractivity contribution in [2.75, 3.05) is 6.54 Å². The average Bonchev–Trinajstić information content (AvgIpc) is 2.46. The molecule has 2 aromatic carbocycles. The summed E-state index contributed by atoms with van der Waals surface area (Å²) < 4.78 is 32.0. The number of hydrogen-bond acceptors (Lipinski definition) is 2. The van der Waals surface area contributed by atoms with Crippen molar-refractivity contribution in [3.8, 4) is 17.6 Å². The minimum atomic E-state index is -0.495. The fourth-order valence-electron chi connectivity index (χ4n) is 1.67. The minimum absolute atomic E-state index is 0.0184. The van der Waals surface area contributed by atoms with Crippen LogP contribution >= 0.6 is 11.6 Å². The van der Waals surface area contributed by atoms with Gasteiger partial charge in [0.15, 0.2) is 0 Å². The van der Waals surface area contributed by atoms with Gasteiger partial charge in [0.25, 0.3) is 0 Å². The number of hydrogen-bond donors (Lipinski definition) is 1. The fraction of sp³-hybridized carbons (Fsp3) is 0.125. The fourth-order valence-corrected chi connectivity index (χ4v) is 1.87. The van der Waals surface area contributed by atoms with Crippen molar-refractivity contribution >= 4 is 11.6 Å². The number of halogens is 3. The molecule has 0 aliphatic heterocycles. The first kappa shape index (κ1) is 15.3. The van der Waals surface area contributed by atoms with Gasteiger partial charge in [0, 0.05) is 11.6 Å². The number of rotatable bonds is 3. The van der Waals surface area contributed by atoms with Crippen molar-refractivity contribution in [3.05, 3.63) is 64.2 Å². The Morgan fingerprint density at radius 1 is 1.14 bits per heavy atom. The van der Waals surface area contributed by atoms with Gasteiger partial charge in [0.1, 0.15) is 24.0 Å². The lowest BCUT2D eigenvalue weighted by Gasteiger charge is -2.07. The van der Waals surface area contributed by atoms with E-state index >= 15 is 0 Å². The number of ether oxygens (including phenoxy) is 1. The second-order valence-corrected chi connectivity index (χ2v) is 4.63. The summed E-state index contributed by atoms with van der Waals surface area (Å²) in [6.45, 7) is 0.341. The predicted molar refractivity (Wildman–Crippen MR) is 78.1 cm³/mol. The molecule has 0 unspecified atom stereocenters. The molecule has 108 valence electrons. The molecule has 0 fully saturated rings. The van der Waals surface area contributed by atoms with E-state index in [0.29, 0.717) is 16.9 Å². The molecule has 0 bridgehead atoms. The summed E-state index contributed by atoms with van der Waals surface area (Å²) in [4.78, 5) is 0. The van der Waals surface area contributed by atoms with E-state index < -0.39 is 11.6 Å². The summed E-state index contributed by atoms with van der Waals surface area (Å²) in [6.07, 6.45) is 0. The molecule has 0 atom stereocenters. The van der Waals surface area contributed by atoms with E-state index in [1.165, 1.54) is 24.3 Å². The van der Waals surface area contributed by atoms with Crippen molar-refractivity contribution in [2.24, 2.45) is 5.73 Å². The molecule has 5 heteroatoms. The predicted octanol–water partition coefficient (Wildman–Crippen LogP) is 3.51. The molecule has 2 nitrogen and oxygen atoms in total. The quantitative estimate of drug-likeness (QED) is 0.881. The zero-order chi connectivity index (χ0) is 15.2. The molecule has 0 aromatic heterocycles. The van der Waals surface area contributed by atoms with Crippen LogP contribution in [-0.2, 0) is 6.61 Å². The third-order valence-electron chi connectivity index (χ3n) is 2.60. The number of nitrogens with two attached hydrogens (primary N) is 1. The van der Waals surface area contributed by atoms with Crippen molar-refractivity contribution in [1.82, 2.24) is 0 Å². The molecule has 2 aromatic rings. The van der Waals surface area contributed by atoms with Gasteiger partial charge in [-0.15, -0.1) is 0 Å². The van der Waals surface area contributed by atoms with Gasteiger partial charge >= 0.3 is 0 Å². The number of benzene rings is 2. The lowest BCUT2D eigenvalue weighted by Crippen LogP contribution is -1.97. The maximum Gasteiger partial charge on any atom is 0.141 e. The van der Waals surface area contributed by atoms with Gasteiger partial charge in [-0.1, -0.05) is 29.5 Å². The van der Waals surface area contributed by atoms with Crippen LogP contribution in [0.3, 0.4) is 0 Å². The molecule has 0 radical (unpaired) electrons. The zero-order valence-corrected chi connectivity index (χ0v) is 11.8. The van der Waals surface area contributed by atoms with Crippen LogP contribution in [0.1, 0.15) is 11.1 Å². The van der Waals surface area contributed by atoms with Gasteiger partial charge < -0.3 is 10.5 Å². The first-order chi connectivity index (χ1) is 10.1. The SMILES string of the molecule is NCC#Cc1cc(F)cc(OCc2ccc(F)c(Cl)c2)c1. The summed E-state index contributed by atoms with van der Waals surface area (Å²) in [6, 6.07) is 8.42. The maximum atomic E-state index is 13.4. The van der Waals surface area contributed by atoms with Crippen LogP contribution in [0.4, 0.5) is 8.78 Å². The van der Waals surface area contributed by atoms with Gasteiger partial charge in [0.05, 0.1) is 11.6 Å². The monoisotopic (exact) mass is 307 g/mol. The smallest absolute Gasteiger partial charge is 0.141 e. The first-order valence-corrected chi connectivity index (χ1v) is 6.52. The molecule has 0 saturated heterocycles. The Morgan fingerprint density at radius 3 is 2.67 bits per heavy atom. The Morgan fingerprint density at radius 2 is 1.95 bits per heavy atom. The molecule has 0 spiro atoms. The Bertz CT molecular complexity index is 707. The van der Waals surface area contributed by atoms with Crippen LogP contribution in [0, 0.1) is 23.5 Å². The van der Waals surface area contributed by atoms with Gasteiger partial charge in [-0.05, 0) is 29.8 Å². The molecular formula is C16H12ClF2NO. The molecule has 0 aliphatic carbocycles. The highest BCUT2D eigenvalue weighted by Gasteiger charge is 2.04. The van der Waals surface area contributed by atoms with Gasteiger partial charge in [-0.2, -0.15) is 0 Å². The lowest BCUT2D eigenvalue weighted by atomic mass is 10.2. The van der Waals surface area contributed by atoms with E-state index in [4.69, 9.17) is 22.1 Å².